The van der Waals surface area contributed by atoms with E-state index in [-0.39, 0.29) is 18.8 Å². The van der Waals surface area contributed by atoms with Gasteiger partial charge >= 0.3 is 0 Å². The summed E-state index contributed by atoms with van der Waals surface area (Å²) in [4.78, 5) is 17.1. The minimum atomic E-state index is -0.217. The number of aryl methyl sites for hydroxylation is 1. The first kappa shape index (κ1) is 21.9. The normalized spacial score (nSPS) is 10.6. The van der Waals surface area contributed by atoms with E-state index in [0.29, 0.717) is 38.4 Å². The van der Waals surface area contributed by atoms with Crippen molar-refractivity contribution in [2.75, 3.05) is 14.2 Å². The first-order valence-electron chi connectivity index (χ1n) is 9.19. The van der Waals surface area contributed by atoms with E-state index < -0.39 is 0 Å². The summed E-state index contributed by atoms with van der Waals surface area (Å²) in [6.45, 7) is 2.27. The van der Waals surface area contributed by atoms with Gasteiger partial charge in [-0.3, -0.25) is 9.78 Å². The fourth-order valence-corrected chi connectivity index (χ4v) is 3.54. The Bertz CT molecular complexity index is 1050. The van der Waals surface area contributed by atoms with Gasteiger partial charge in [-0.2, -0.15) is 0 Å². The molecule has 0 spiro atoms. The van der Waals surface area contributed by atoms with Crippen molar-refractivity contribution in [2.45, 2.75) is 20.0 Å². The van der Waals surface area contributed by atoms with Gasteiger partial charge in [0, 0.05) is 24.4 Å². The number of aromatic nitrogens is 1. The smallest absolute Gasteiger partial charge is 0.204 e. The molecule has 30 heavy (non-hydrogen) atoms. The standard InChI is InChI=1S/C23H21Cl2NO4/c1-14-6-4-5-7-15(14)13-30-22-16(8-9-21(28-2)23(22)29-3)20(27)10-17-18(24)11-26-12-19(17)25/h4-9,11-12H,10,13H2,1-3H3. The molecule has 0 saturated carbocycles. The van der Waals surface area contributed by atoms with E-state index in [9.17, 15) is 4.79 Å². The highest BCUT2D eigenvalue weighted by Crippen LogP contribution is 2.41. The van der Waals surface area contributed by atoms with Crippen molar-refractivity contribution in [1.29, 1.82) is 0 Å². The van der Waals surface area contributed by atoms with Gasteiger partial charge in [0.15, 0.2) is 17.3 Å². The third kappa shape index (κ3) is 4.69. The Labute approximate surface area is 185 Å². The summed E-state index contributed by atoms with van der Waals surface area (Å²) in [5.41, 5.74) is 2.95. The molecule has 0 bridgehead atoms. The number of hydrogen-bond acceptors (Lipinski definition) is 5. The molecular weight excluding hydrogens is 425 g/mol. The van der Waals surface area contributed by atoms with Crippen LogP contribution >= 0.6 is 23.2 Å². The van der Waals surface area contributed by atoms with Crippen LogP contribution in [0, 0.1) is 6.92 Å². The molecular formula is C23H21Cl2NO4. The topological polar surface area (TPSA) is 57.7 Å². The zero-order valence-corrected chi connectivity index (χ0v) is 18.4. The molecule has 0 aliphatic heterocycles. The molecule has 2 aromatic carbocycles. The van der Waals surface area contributed by atoms with E-state index in [1.54, 1.807) is 12.1 Å². The van der Waals surface area contributed by atoms with E-state index in [0.717, 1.165) is 11.1 Å². The Kier molecular flexibility index (Phi) is 7.19. The Hall–Kier alpha value is -2.76. The zero-order chi connectivity index (χ0) is 21.7. The number of halogens is 2. The average Bonchev–Trinajstić information content (AvgIpc) is 2.74. The number of ketones is 1. The molecule has 1 aromatic heterocycles. The lowest BCUT2D eigenvalue weighted by Gasteiger charge is -2.18. The summed E-state index contributed by atoms with van der Waals surface area (Å²) < 4.78 is 17.0. The lowest BCUT2D eigenvalue weighted by Crippen LogP contribution is -2.10. The second-order valence-corrected chi connectivity index (χ2v) is 7.39. The SMILES string of the molecule is COc1ccc(C(=O)Cc2c(Cl)cncc2Cl)c(OCc2ccccc2C)c1OC. The summed E-state index contributed by atoms with van der Waals surface area (Å²) in [5, 5.41) is 0.664. The first-order chi connectivity index (χ1) is 14.5. The van der Waals surface area contributed by atoms with Crippen LogP contribution in [0.1, 0.15) is 27.0 Å². The van der Waals surface area contributed by atoms with Gasteiger partial charge < -0.3 is 14.2 Å². The maximum absolute atomic E-state index is 13.2. The molecule has 3 rings (SSSR count). The lowest BCUT2D eigenvalue weighted by molar-refractivity contribution is 0.0987. The zero-order valence-electron chi connectivity index (χ0n) is 16.9. The Balaban J connectivity index is 1.99. The number of methoxy groups -OCH3 is 2. The number of rotatable bonds is 8. The van der Waals surface area contributed by atoms with Crippen molar-refractivity contribution in [3.63, 3.8) is 0 Å². The Morgan fingerprint density at radius 2 is 1.67 bits per heavy atom. The fourth-order valence-electron chi connectivity index (χ4n) is 3.05. The van der Waals surface area contributed by atoms with E-state index in [1.807, 2.05) is 31.2 Å². The number of nitrogens with zero attached hydrogens (tertiary/aromatic N) is 1. The van der Waals surface area contributed by atoms with Crippen molar-refractivity contribution >= 4 is 29.0 Å². The van der Waals surface area contributed by atoms with Crippen molar-refractivity contribution in [1.82, 2.24) is 4.98 Å². The van der Waals surface area contributed by atoms with Crippen LogP contribution in [0.5, 0.6) is 17.2 Å². The highest BCUT2D eigenvalue weighted by molar-refractivity contribution is 6.36. The number of hydrogen-bond donors (Lipinski definition) is 0. The molecule has 0 amide bonds. The molecule has 1 heterocycles. The molecule has 0 unspecified atom stereocenters. The second kappa shape index (κ2) is 9.83. The maximum Gasteiger partial charge on any atom is 0.204 e. The molecule has 3 aromatic rings. The van der Waals surface area contributed by atoms with Gasteiger partial charge in [0.1, 0.15) is 6.61 Å². The minimum Gasteiger partial charge on any atom is -0.493 e. The number of ether oxygens (including phenoxy) is 3. The van der Waals surface area contributed by atoms with Gasteiger partial charge in [0.2, 0.25) is 5.75 Å². The summed E-state index contributed by atoms with van der Waals surface area (Å²) in [6.07, 6.45) is 2.91. The lowest BCUT2D eigenvalue weighted by atomic mass is 10.0. The Morgan fingerprint density at radius 3 is 2.30 bits per heavy atom. The number of Topliss-reactive ketones (excluding diaryl/α,β-unsaturated/α-hetero) is 1. The summed E-state index contributed by atoms with van der Waals surface area (Å²) >= 11 is 12.4. The molecule has 0 atom stereocenters. The molecule has 0 saturated heterocycles. The van der Waals surface area contributed by atoms with E-state index in [4.69, 9.17) is 37.4 Å². The van der Waals surface area contributed by atoms with Gasteiger partial charge in [-0.05, 0) is 30.2 Å². The fraction of sp³-hybridized carbons (Fsp3) is 0.217. The van der Waals surface area contributed by atoms with Crippen molar-refractivity contribution in [2.24, 2.45) is 0 Å². The van der Waals surface area contributed by atoms with Gasteiger partial charge in [-0.25, -0.2) is 0 Å². The maximum atomic E-state index is 13.2. The summed E-state index contributed by atoms with van der Waals surface area (Å²) in [5.74, 6) is 0.912. The highest BCUT2D eigenvalue weighted by Gasteiger charge is 2.23. The van der Waals surface area contributed by atoms with E-state index in [2.05, 4.69) is 4.98 Å². The molecule has 0 radical (unpaired) electrons. The predicted molar refractivity (Wildman–Crippen MR) is 117 cm³/mol. The Morgan fingerprint density at radius 1 is 0.967 bits per heavy atom. The van der Waals surface area contributed by atoms with Crippen LogP contribution in [-0.2, 0) is 13.0 Å². The molecule has 0 N–H and O–H groups in total. The number of benzene rings is 2. The summed E-state index contributed by atoms with van der Waals surface area (Å²) in [7, 11) is 3.03. The summed E-state index contributed by atoms with van der Waals surface area (Å²) in [6, 6.07) is 11.2. The van der Waals surface area contributed by atoms with Crippen LogP contribution in [0.3, 0.4) is 0 Å². The molecule has 0 aliphatic rings. The molecule has 0 fully saturated rings. The van der Waals surface area contributed by atoms with Crippen molar-refractivity contribution in [3.05, 3.63) is 81.1 Å². The van der Waals surface area contributed by atoms with Gasteiger partial charge in [0.25, 0.3) is 0 Å². The van der Waals surface area contributed by atoms with Crippen molar-refractivity contribution < 1.29 is 19.0 Å². The van der Waals surface area contributed by atoms with Crippen LogP contribution in [0.4, 0.5) is 0 Å². The number of pyridine rings is 1. The minimum absolute atomic E-state index is 0.00358. The average molecular weight is 446 g/mol. The highest BCUT2D eigenvalue weighted by atomic mass is 35.5. The third-order valence-electron chi connectivity index (χ3n) is 4.72. The molecule has 7 heteroatoms. The number of carbonyl (C=O) groups excluding carboxylic acids is 1. The molecule has 0 aliphatic carbocycles. The van der Waals surface area contributed by atoms with E-state index >= 15 is 0 Å². The predicted octanol–water partition coefficient (Wildman–Crippen LogP) is 5.72. The van der Waals surface area contributed by atoms with Crippen LogP contribution < -0.4 is 14.2 Å². The third-order valence-corrected chi connectivity index (χ3v) is 5.37. The van der Waals surface area contributed by atoms with Crippen LogP contribution in [0.25, 0.3) is 0 Å². The monoisotopic (exact) mass is 445 g/mol. The molecule has 5 nitrogen and oxygen atoms in total. The van der Waals surface area contributed by atoms with Crippen LogP contribution in [0.2, 0.25) is 10.0 Å². The van der Waals surface area contributed by atoms with Crippen LogP contribution in [0.15, 0.2) is 48.8 Å². The van der Waals surface area contributed by atoms with Crippen LogP contribution in [-0.4, -0.2) is 25.0 Å². The van der Waals surface area contributed by atoms with Gasteiger partial charge in [-0.1, -0.05) is 47.5 Å². The quantitative estimate of drug-likeness (QED) is 0.415. The van der Waals surface area contributed by atoms with Gasteiger partial charge in [-0.15, -0.1) is 0 Å². The van der Waals surface area contributed by atoms with Gasteiger partial charge in [0.05, 0.1) is 29.8 Å². The second-order valence-electron chi connectivity index (χ2n) is 6.57. The first-order valence-corrected chi connectivity index (χ1v) is 9.95. The van der Waals surface area contributed by atoms with Crippen molar-refractivity contribution in [3.8, 4) is 17.2 Å². The molecule has 156 valence electrons. The van der Waals surface area contributed by atoms with E-state index in [1.165, 1.54) is 26.6 Å². The largest absolute Gasteiger partial charge is 0.493 e. The number of carbonyl (C=O) groups is 1.